The van der Waals surface area contributed by atoms with Gasteiger partial charge in [-0.05, 0) is 50.6 Å². The molecule has 0 saturated carbocycles. The molecule has 2 rings (SSSR count). The fourth-order valence-corrected chi connectivity index (χ4v) is 4.96. The van der Waals surface area contributed by atoms with Gasteiger partial charge in [0.05, 0.1) is 11.4 Å². The van der Waals surface area contributed by atoms with Gasteiger partial charge in [0.15, 0.2) is 0 Å². The second-order valence-electron chi connectivity index (χ2n) is 7.16. The zero-order chi connectivity index (χ0) is 19.9. The number of carbonyl (C=O) groups excluding carboxylic acids is 1. The van der Waals surface area contributed by atoms with E-state index in [1.165, 1.54) is 23.6 Å². The normalized spacial score (nSPS) is 16.7. The smallest absolute Gasteiger partial charge is 0.243 e. The number of sulfonamides is 1. The fourth-order valence-electron chi connectivity index (χ4n) is 3.47. The van der Waals surface area contributed by atoms with Crippen LogP contribution in [0.5, 0.6) is 0 Å². The van der Waals surface area contributed by atoms with Crippen LogP contribution in [0.25, 0.3) is 0 Å². The van der Waals surface area contributed by atoms with Crippen molar-refractivity contribution >= 4 is 21.6 Å². The van der Waals surface area contributed by atoms with Crippen LogP contribution in [0.3, 0.4) is 0 Å². The predicted molar refractivity (Wildman–Crippen MR) is 109 cm³/mol. The van der Waals surface area contributed by atoms with Gasteiger partial charge >= 0.3 is 0 Å². The van der Waals surface area contributed by atoms with E-state index in [4.69, 9.17) is 0 Å². The monoisotopic (exact) mass is 395 g/mol. The second kappa shape index (κ2) is 10.2. The van der Waals surface area contributed by atoms with Crippen LogP contribution in [0.1, 0.15) is 51.5 Å². The maximum Gasteiger partial charge on any atom is 0.243 e. The van der Waals surface area contributed by atoms with Crippen molar-refractivity contribution in [1.82, 2.24) is 9.21 Å². The molecule has 1 saturated heterocycles. The van der Waals surface area contributed by atoms with E-state index in [2.05, 4.69) is 10.2 Å². The van der Waals surface area contributed by atoms with E-state index in [0.29, 0.717) is 25.3 Å². The molecule has 0 radical (unpaired) electrons. The second-order valence-corrected chi connectivity index (χ2v) is 9.10. The van der Waals surface area contributed by atoms with Gasteiger partial charge in [-0.25, -0.2) is 8.42 Å². The first-order valence-electron chi connectivity index (χ1n) is 10.0. The number of rotatable bonds is 7. The molecule has 1 amide bonds. The summed E-state index contributed by atoms with van der Waals surface area (Å²) >= 11 is 0. The van der Waals surface area contributed by atoms with Crippen LogP contribution in [0, 0.1) is 6.92 Å². The number of aryl methyl sites for hydroxylation is 1. The third kappa shape index (κ3) is 6.02. The molecule has 6 nitrogen and oxygen atoms in total. The predicted octanol–water partition coefficient (Wildman–Crippen LogP) is 3.23. The average molecular weight is 396 g/mol. The number of nitrogens with zero attached hydrogens (tertiary/aromatic N) is 2. The van der Waals surface area contributed by atoms with Crippen molar-refractivity contribution < 1.29 is 13.2 Å². The van der Waals surface area contributed by atoms with Gasteiger partial charge in [0, 0.05) is 18.8 Å². The zero-order valence-electron chi connectivity index (χ0n) is 16.8. The SMILES string of the molecule is CCN(CC)S(=O)(=O)c1ccc(C)c(NC(=O)CN2CCCCCCC2)c1. The van der Waals surface area contributed by atoms with Gasteiger partial charge in [0.1, 0.15) is 0 Å². The molecule has 1 aliphatic rings. The van der Waals surface area contributed by atoms with E-state index in [0.717, 1.165) is 31.5 Å². The van der Waals surface area contributed by atoms with Gasteiger partial charge in [0.2, 0.25) is 15.9 Å². The summed E-state index contributed by atoms with van der Waals surface area (Å²) in [7, 11) is -3.54. The largest absolute Gasteiger partial charge is 0.325 e. The van der Waals surface area contributed by atoms with E-state index in [-0.39, 0.29) is 10.8 Å². The third-order valence-electron chi connectivity index (χ3n) is 5.14. The van der Waals surface area contributed by atoms with Gasteiger partial charge in [0.25, 0.3) is 0 Å². The molecular weight excluding hydrogens is 362 g/mol. The number of anilines is 1. The van der Waals surface area contributed by atoms with Gasteiger partial charge < -0.3 is 5.32 Å². The molecule has 0 atom stereocenters. The lowest BCUT2D eigenvalue weighted by molar-refractivity contribution is -0.117. The van der Waals surface area contributed by atoms with Crippen LogP contribution < -0.4 is 5.32 Å². The Morgan fingerprint density at radius 1 is 1.07 bits per heavy atom. The summed E-state index contributed by atoms with van der Waals surface area (Å²) in [6.45, 7) is 8.60. The van der Waals surface area contributed by atoms with E-state index < -0.39 is 10.0 Å². The molecule has 1 aliphatic heterocycles. The van der Waals surface area contributed by atoms with Crippen molar-refractivity contribution in [3.63, 3.8) is 0 Å². The van der Waals surface area contributed by atoms with Gasteiger partial charge in [-0.2, -0.15) is 4.31 Å². The lowest BCUT2D eigenvalue weighted by Gasteiger charge is -2.24. The Bertz CT molecular complexity index is 722. The van der Waals surface area contributed by atoms with Crippen molar-refractivity contribution in [1.29, 1.82) is 0 Å². The molecule has 27 heavy (non-hydrogen) atoms. The molecule has 1 heterocycles. The Hall–Kier alpha value is -1.44. The van der Waals surface area contributed by atoms with Crippen LogP contribution in [0.15, 0.2) is 23.1 Å². The van der Waals surface area contributed by atoms with Crippen LogP contribution >= 0.6 is 0 Å². The lowest BCUT2D eigenvalue weighted by Crippen LogP contribution is -2.35. The Morgan fingerprint density at radius 3 is 2.26 bits per heavy atom. The molecule has 152 valence electrons. The summed E-state index contributed by atoms with van der Waals surface area (Å²) in [5.41, 5.74) is 1.43. The zero-order valence-corrected chi connectivity index (χ0v) is 17.6. The molecule has 1 fully saturated rings. The number of benzene rings is 1. The van der Waals surface area contributed by atoms with Gasteiger partial charge in [-0.15, -0.1) is 0 Å². The molecule has 0 bridgehead atoms. The molecule has 0 aromatic heterocycles. The van der Waals surface area contributed by atoms with E-state index in [9.17, 15) is 13.2 Å². The van der Waals surface area contributed by atoms with E-state index in [1.807, 2.05) is 20.8 Å². The third-order valence-corrected chi connectivity index (χ3v) is 7.19. The number of hydrogen-bond donors (Lipinski definition) is 1. The Morgan fingerprint density at radius 2 is 1.67 bits per heavy atom. The van der Waals surface area contributed by atoms with Crippen LogP contribution in [-0.4, -0.2) is 56.3 Å². The molecule has 0 aliphatic carbocycles. The minimum atomic E-state index is -3.54. The first-order valence-corrected chi connectivity index (χ1v) is 11.5. The molecular formula is C20H33N3O3S. The van der Waals surface area contributed by atoms with Crippen LogP contribution in [0.4, 0.5) is 5.69 Å². The number of likely N-dealkylation sites (tertiary alicyclic amines) is 1. The summed E-state index contributed by atoms with van der Waals surface area (Å²) < 4.78 is 26.9. The van der Waals surface area contributed by atoms with E-state index in [1.54, 1.807) is 18.2 Å². The number of hydrogen-bond acceptors (Lipinski definition) is 4. The Kier molecular flexibility index (Phi) is 8.26. The summed E-state index contributed by atoms with van der Waals surface area (Å²) in [6, 6.07) is 4.94. The Labute approximate surface area is 164 Å². The summed E-state index contributed by atoms with van der Waals surface area (Å²) in [5.74, 6) is -0.0870. The summed E-state index contributed by atoms with van der Waals surface area (Å²) in [4.78, 5) is 14.9. The van der Waals surface area contributed by atoms with E-state index >= 15 is 0 Å². The topological polar surface area (TPSA) is 69.7 Å². The van der Waals surface area contributed by atoms with Crippen molar-refractivity contribution in [3.05, 3.63) is 23.8 Å². The van der Waals surface area contributed by atoms with Crippen molar-refractivity contribution in [3.8, 4) is 0 Å². The molecule has 7 heteroatoms. The quantitative estimate of drug-likeness (QED) is 0.769. The molecule has 0 spiro atoms. The standard InChI is InChI=1S/C20H33N3O3S/c1-4-23(5-2)27(25,26)18-12-11-17(3)19(15-18)21-20(24)16-22-13-9-7-6-8-10-14-22/h11-12,15H,4-10,13-14,16H2,1-3H3,(H,21,24). The minimum Gasteiger partial charge on any atom is -0.325 e. The lowest BCUT2D eigenvalue weighted by atomic mass is 10.1. The van der Waals surface area contributed by atoms with Crippen molar-refractivity contribution in [2.24, 2.45) is 0 Å². The van der Waals surface area contributed by atoms with Crippen LogP contribution in [0.2, 0.25) is 0 Å². The Balaban J connectivity index is 2.10. The first-order chi connectivity index (χ1) is 12.9. The van der Waals surface area contributed by atoms with Gasteiger partial charge in [-0.1, -0.05) is 39.2 Å². The summed E-state index contributed by atoms with van der Waals surface area (Å²) in [6.07, 6.45) is 5.99. The molecule has 0 unspecified atom stereocenters. The van der Waals surface area contributed by atoms with Crippen LogP contribution in [-0.2, 0) is 14.8 Å². The number of carbonyl (C=O) groups is 1. The van der Waals surface area contributed by atoms with Gasteiger partial charge in [-0.3, -0.25) is 9.69 Å². The number of nitrogens with one attached hydrogen (secondary N) is 1. The van der Waals surface area contributed by atoms with Crippen molar-refractivity contribution in [2.75, 3.05) is 38.0 Å². The highest BCUT2D eigenvalue weighted by molar-refractivity contribution is 7.89. The first kappa shape index (κ1) is 21.9. The summed E-state index contributed by atoms with van der Waals surface area (Å²) in [5, 5.41) is 2.92. The fraction of sp³-hybridized carbons (Fsp3) is 0.650. The average Bonchev–Trinajstić information content (AvgIpc) is 2.59. The molecule has 1 aromatic carbocycles. The highest BCUT2D eigenvalue weighted by Crippen LogP contribution is 2.23. The highest BCUT2D eigenvalue weighted by Gasteiger charge is 2.22. The number of amides is 1. The molecule has 1 N–H and O–H groups in total. The maximum absolute atomic E-state index is 12.7. The molecule has 1 aromatic rings. The van der Waals surface area contributed by atoms with Crippen molar-refractivity contribution in [2.45, 2.75) is 57.8 Å². The highest BCUT2D eigenvalue weighted by atomic mass is 32.2. The maximum atomic E-state index is 12.7. The minimum absolute atomic E-state index is 0.0870.